The number of carbonyl (C=O) groups excluding carboxylic acids is 1. The molecule has 1 saturated heterocycles. The van der Waals surface area contributed by atoms with Crippen LogP contribution >= 0.6 is 70.2 Å². The van der Waals surface area contributed by atoms with Gasteiger partial charge in [-0.25, -0.2) is 15.2 Å². The molecule has 4 nitrogen and oxygen atoms in total. The lowest BCUT2D eigenvalue weighted by atomic mass is 10.1. The normalized spacial score (nSPS) is 20.5. The molecule has 1 aromatic rings. The summed E-state index contributed by atoms with van der Waals surface area (Å²) in [5, 5.41) is 3.20. The van der Waals surface area contributed by atoms with E-state index in [9.17, 15) is 4.79 Å². The van der Waals surface area contributed by atoms with Crippen molar-refractivity contribution in [2.75, 3.05) is 4.90 Å². The molecule has 22 heavy (non-hydrogen) atoms. The number of anilines is 1. The van der Waals surface area contributed by atoms with Crippen LogP contribution in [0.1, 0.15) is 6.92 Å². The fraction of sp³-hybridized carbons (Fsp3) is 0.333. The fourth-order valence-corrected chi connectivity index (χ4v) is 3.06. The summed E-state index contributed by atoms with van der Waals surface area (Å²) in [6, 6.07) is 4.20. The van der Waals surface area contributed by atoms with E-state index in [0.717, 1.165) is 5.01 Å². The molecular formula is C12H10Cl5N3OS. The lowest BCUT2D eigenvalue weighted by Gasteiger charge is -2.25. The topological polar surface area (TPSA) is 35.6 Å². The second kappa shape index (κ2) is 6.85. The standard InChI is InChI=1S/C12H10Cl5N3OS/c1-6(5-22)10-18-20(12(15,16)17)11(21)19(10)9-3-7(13)2-8(14)4-9/h2-6,10,18H,1H3. The van der Waals surface area contributed by atoms with E-state index < -0.39 is 16.1 Å². The summed E-state index contributed by atoms with van der Waals surface area (Å²) in [7, 11) is 0. The molecule has 0 bridgehead atoms. The van der Waals surface area contributed by atoms with Crippen molar-refractivity contribution in [2.24, 2.45) is 5.92 Å². The van der Waals surface area contributed by atoms with E-state index in [1.165, 1.54) is 10.3 Å². The van der Waals surface area contributed by atoms with Gasteiger partial charge < -0.3 is 0 Å². The van der Waals surface area contributed by atoms with Gasteiger partial charge in [0.25, 0.3) is 3.92 Å². The van der Waals surface area contributed by atoms with Gasteiger partial charge in [-0.2, -0.15) is 0 Å². The summed E-state index contributed by atoms with van der Waals surface area (Å²) < 4.78 is -1.95. The van der Waals surface area contributed by atoms with Crippen LogP contribution in [0.3, 0.4) is 0 Å². The average molecular weight is 422 g/mol. The van der Waals surface area contributed by atoms with Crippen molar-refractivity contribution in [2.45, 2.75) is 17.0 Å². The maximum Gasteiger partial charge on any atom is 0.343 e. The second-order valence-corrected chi connectivity index (χ2v) is 8.02. The molecular weight excluding hydrogens is 411 g/mol. The molecule has 0 aliphatic carbocycles. The van der Waals surface area contributed by atoms with Crippen molar-refractivity contribution in [1.29, 1.82) is 0 Å². The number of alkyl halides is 3. The van der Waals surface area contributed by atoms with E-state index in [1.54, 1.807) is 18.2 Å². The van der Waals surface area contributed by atoms with Crippen LogP contribution in [0, 0.1) is 5.92 Å². The van der Waals surface area contributed by atoms with Gasteiger partial charge in [-0.1, -0.05) is 77.1 Å². The van der Waals surface area contributed by atoms with Crippen LogP contribution < -0.4 is 10.3 Å². The molecule has 10 heteroatoms. The molecule has 1 aromatic carbocycles. The zero-order valence-corrected chi connectivity index (χ0v) is 15.7. The number of amides is 2. The molecule has 1 aliphatic rings. The van der Waals surface area contributed by atoms with Crippen molar-refractivity contribution in [3.8, 4) is 0 Å². The highest BCUT2D eigenvalue weighted by atomic mass is 35.6. The average Bonchev–Trinajstić information content (AvgIpc) is 2.74. The van der Waals surface area contributed by atoms with Crippen LogP contribution in [0.5, 0.6) is 0 Å². The van der Waals surface area contributed by atoms with Crippen LogP contribution in [0.25, 0.3) is 0 Å². The summed E-state index contributed by atoms with van der Waals surface area (Å²) in [5.41, 5.74) is 3.32. The maximum atomic E-state index is 12.6. The van der Waals surface area contributed by atoms with Gasteiger partial charge in [0, 0.05) is 16.0 Å². The van der Waals surface area contributed by atoms with Crippen LogP contribution in [0.15, 0.2) is 18.2 Å². The zero-order chi connectivity index (χ0) is 16.7. The van der Waals surface area contributed by atoms with Crippen molar-refractivity contribution in [1.82, 2.24) is 10.4 Å². The molecule has 1 aliphatic heterocycles. The first-order valence-corrected chi connectivity index (χ1v) is 8.39. The fourth-order valence-electron chi connectivity index (χ4n) is 2.03. The number of carbonyl (C=O) groups is 1. The summed E-state index contributed by atoms with van der Waals surface area (Å²) in [6.45, 7) is 1.83. The number of nitrogens with one attached hydrogen (secondary N) is 1. The number of urea groups is 1. The summed E-state index contributed by atoms with van der Waals surface area (Å²) in [5.74, 6) is -0.200. The molecule has 2 rings (SSSR count). The lowest BCUT2D eigenvalue weighted by Crippen LogP contribution is -2.46. The van der Waals surface area contributed by atoms with Crippen molar-refractivity contribution >= 4 is 87.3 Å². The Bertz CT molecular complexity index is 589. The SMILES string of the molecule is CC(C=S)C1NN(C(Cl)(Cl)Cl)C(=O)N1c1cc(Cl)cc(Cl)c1. The Labute approximate surface area is 158 Å². The van der Waals surface area contributed by atoms with Gasteiger partial charge in [0.1, 0.15) is 6.17 Å². The predicted octanol–water partition coefficient (Wildman–Crippen LogP) is 5.03. The number of hydrogen-bond donors (Lipinski definition) is 1. The summed E-state index contributed by atoms with van der Waals surface area (Å²) in [6.07, 6.45) is -0.532. The van der Waals surface area contributed by atoms with Gasteiger partial charge in [0.05, 0.1) is 5.69 Å². The summed E-state index contributed by atoms with van der Waals surface area (Å²) in [4.78, 5) is 14.0. The van der Waals surface area contributed by atoms with Gasteiger partial charge >= 0.3 is 6.03 Å². The van der Waals surface area contributed by atoms with Gasteiger partial charge in [-0.05, 0) is 23.6 Å². The Morgan fingerprint density at radius 1 is 1.27 bits per heavy atom. The van der Waals surface area contributed by atoms with Gasteiger partial charge in [-0.15, -0.1) is 0 Å². The third kappa shape index (κ3) is 3.73. The maximum absolute atomic E-state index is 12.6. The molecule has 1 N–H and O–H groups in total. The van der Waals surface area contributed by atoms with Crippen LogP contribution in [0.2, 0.25) is 10.0 Å². The Morgan fingerprint density at radius 3 is 2.27 bits per heavy atom. The highest BCUT2D eigenvalue weighted by molar-refractivity contribution is 7.79. The molecule has 0 spiro atoms. The number of nitrogens with zero attached hydrogens (tertiary/aromatic N) is 2. The second-order valence-electron chi connectivity index (χ2n) is 4.65. The number of hydrogen-bond acceptors (Lipinski definition) is 3. The Kier molecular flexibility index (Phi) is 5.71. The first-order valence-electron chi connectivity index (χ1n) is 6.03. The van der Waals surface area contributed by atoms with Crippen molar-refractivity contribution < 1.29 is 4.79 Å². The van der Waals surface area contributed by atoms with Gasteiger partial charge in [0.15, 0.2) is 0 Å². The number of halogens is 5. The minimum absolute atomic E-state index is 0.200. The molecule has 0 saturated carbocycles. The molecule has 2 atom stereocenters. The van der Waals surface area contributed by atoms with Crippen LogP contribution in [0.4, 0.5) is 10.5 Å². The minimum atomic E-state index is -1.95. The first-order chi connectivity index (χ1) is 10.1. The van der Waals surface area contributed by atoms with E-state index in [2.05, 4.69) is 5.43 Å². The van der Waals surface area contributed by atoms with Gasteiger partial charge in [0.2, 0.25) is 0 Å². The lowest BCUT2D eigenvalue weighted by molar-refractivity contribution is 0.196. The van der Waals surface area contributed by atoms with Crippen LogP contribution in [-0.2, 0) is 0 Å². The molecule has 120 valence electrons. The highest BCUT2D eigenvalue weighted by Crippen LogP contribution is 2.37. The highest BCUT2D eigenvalue weighted by Gasteiger charge is 2.48. The number of rotatable bonds is 3. The third-order valence-corrected chi connectivity index (χ3v) is 4.40. The predicted molar refractivity (Wildman–Crippen MR) is 96.2 cm³/mol. The molecule has 1 heterocycles. The van der Waals surface area contributed by atoms with Crippen LogP contribution in [-0.4, -0.2) is 26.5 Å². The molecule has 1 fully saturated rings. The quantitative estimate of drug-likeness (QED) is 0.422. The number of hydrazine groups is 1. The largest absolute Gasteiger partial charge is 0.343 e. The van der Waals surface area contributed by atoms with Crippen molar-refractivity contribution in [3.63, 3.8) is 0 Å². The summed E-state index contributed by atoms with van der Waals surface area (Å²) >= 11 is 34.4. The molecule has 2 unspecified atom stereocenters. The smallest absolute Gasteiger partial charge is 0.275 e. The van der Waals surface area contributed by atoms with Gasteiger partial charge in [-0.3, -0.25) is 4.90 Å². The third-order valence-electron chi connectivity index (χ3n) is 3.03. The first kappa shape index (κ1) is 18.3. The van der Waals surface area contributed by atoms with E-state index in [-0.39, 0.29) is 5.92 Å². The van der Waals surface area contributed by atoms with E-state index in [4.69, 9.17) is 70.2 Å². The van der Waals surface area contributed by atoms with E-state index in [0.29, 0.717) is 15.7 Å². The van der Waals surface area contributed by atoms with E-state index in [1.807, 2.05) is 6.92 Å². The Hall–Kier alpha value is -0.0100. The Balaban J connectivity index is 2.48. The molecule has 0 radical (unpaired) electrons. The molecule has 2 amide bonds. The monoisotopic (exact) mass is 419 g/mol. The van der Waals surface area contributed by atoms with E-state index >= 15 is 0 Å². The minimum Gasteiger partial charge on any atom is -0.275 e. The number of benzene rings is 1. The number of thiocarbonyl (C=S) groups is 1. The Morgan fingerprint density at radius 2 is 1.82 bits per heavy atom. The zero-order valence-electron chi connectivity index (χ0n) is 11.1. The van der Waals surface area contributed by atoms with Crippen molar-refractivity contribution in [3.05, 3.63) is 28.2 Å². The molecule has 0 aromatic heterocycles.